The molecule has 2 nitrogen and oxygen atoms in total. The Kier molecular flexibility index (Phi) is 4.56. The molecule has 0 fully saturated rings. The number of ketones is 1. The molecule has 0 spiro atoms. The summed E-state index contributed by atoms with van der Waals surface area (Å²) in [5.41, 5.74) is 6.69. The highest BCUT2D eigenvalue weighted by molar-refractivity contribution is 5.78. The third kappa shape index (κ3) is 3.81. The molecule has 0 unspecified atom stereocenters. The van der Waals surface area contributed by atoms with Crippen molar-refractivity contribution in [3.05, 3.63) is 0 Å². The van der Waals surface area contributed by atoms with E-state index >= 15 is 0 Å². The molecule has 8 heavy (non-hydrogen) atoms. The van der Waals surface area contributed by atoms with Crippen molar-refractivity contribution >= 4 is 5.78 Å². The third-order valence-corrected chi connectivity index (χ3v) is 0.933. The Morgan fingerprint density at radius 3 is 2.50 bits per heavy atom. The summed E-state index contributed by atoms with van der Waals surface area (Å²) < 4.78 is 0. The molecule has 0 amide bonds. The van der Waals surface area contributed by atoms with Crippen LogP contribution in [-0.2, 0) is 4.79 Å². The zero-order chi connectivity index (χ0) is 6.41. The van der Waals surface area contributed by atoms with Gasteiger partial charge in [0.1, 0.15) is 5.78 Å². The van der Waals surface area contributed by atoms with Crippen molar-refractivity contribution in [1.29, 1.82) is 0 Å². The van der Waals surface area contributed by atoms with Crippen molar-refractivity contribution in [2.75, 3.05) is 6.54 Å². The summed E-state index contributed by atoms with van der Waals surface area (Å²) in [6.07, 6.45) is 2.01. The second-order valence-corrected chi connectivity index (χ2v) is 1.79. The van der Waals surface area contributed by atoms with E-state index in [1.165, 1.54) is 0 Å². The molecule has 47 valence electrons. The number of carbonyl (C=O) groups is 1. The number of hydrogen-bond donors (Lipinski definition) is 0. The molecule has 0 aromatic carbocycles. The lowest BCUT2D eigenvalue weighted by Gasteiger charge is -1.90. The van der Waals surface area contributed by atoms with Crippen LogP contribution in [0.25, 0.3) is 0 Å². The summed E-state index contributed by atoms with van der Waals surface area (Å²) >= 11 is 0. The largest absolute Gasteiger partial charge is 0.300 e. The number of rotatable bonds is 4. The standard InChI is InChI=1S/C6H12NO/c1-2-3-6(8)4-5-7/h7H,2-5H2,1H3. The highest BCUT2D eigenvalue weighted by Gasteiger charge is 1.95. The van der Waals surface area contributed by atoms with Crippen LogP contribution in [0.3, 0.4) is 0 Å². The van der Waals surface area contributed by atoms with E-state index in [0.29, 0.717) is 12.8 Å². The van der Waals surface area contributed by atoms with Gasteiger partial charge in [-0.2, -0.15) is 0 Å². The fourth-order valence-corrected chi connectivity index (χ4v) is 0.543. The smallest absolute Gasteiger partial charge is 0.134 e. The van der Waals surface area contributed by atoms with Crippen molar-refractivity contribution in [3.8, 4) is 0 Å². The number of Topliss-reactive ketones (excluding diaryl/α,β-unsaturated/α-hetero) is 1. The van der Waals surface area contributed by atoms with E-state index in [-0.39, 0.29) is 12.3 Å². The van der Waals surface area contributed by atoms with Gasteiger partial charge < -0.3 is 0 Å². The highest BCUT2D eigenvalue weighted by atomic mass is 16.1. The van der Waals surface area contributed by atoms with Crippen molar-refractivity contribution in [2.24, 2.45) is 0 Å². The highest BCUT2D eigenvalue weighted by Crippen LogP contribution is 1.91. The minimum Gasteiger partial charge on any atom is -0.300 e. The summed E-state index contributed by atoms with van der Waals surface area (Å²) in [5.74, 6) is 0.225. The molecule has 0 bridgehead atoms. The summed E-state index contributed by atoms with van der Waals surface area (Å²) in [5, 5.41) is 0. The van der Waals surface area contributed by atoms with Gasteiger partial charge in [-0.05, 0) is 6.42 Å². The lowest BCUT2D eigenvalue weighted by molar-refractivity contribution is -0.118. The molecule has 1 N–H and O–H groups in total. The third-order valence-electron chi connectivity index (χ3n) is 0.933. The van der Waals surface area contributed by atoms with Crippen LogP contribution in [0.15, 0.2) is 0 Å². The molecule has 0 rings (SSSR count). The molecule has 1 radical (unpaired) electrons. The molecule has 0 saturated carbocycles. The molecule has 2 heteroatoms. The van der Waals surface area contributed by atoms with Crippen LogP contribution in [0.1, 0.15) is 26.2 Å². The van der Waals surface area contributed by atoms with Crippen LogP contribution in [0, 0.1) is 0 Å². The van der Waals surface area contributed by atoms with Gasteiger partial charge in [-0.15, -0.1) is 0 Å². The Hall–Kier alpha value is -0.370. The molecule has 0 aliphatic rings. The predicted molar refractivity (Wildman–Crippen MR) is 32.5 cm³/mol. The SMILES string of the molecule is CCCC(=O)CC[NH]. The molecule has 0 saturated heterocycles. The van der Waals surface area contributed by atoms with E-state index in [1.807, 2.05) is 6.92 Å². The molecule has 0 aromatic rings. The second-order valence-electron chi connectivity index (χ2n) is 1.79. The van der Waals surface area contributed by atoms with E-state index in [1.54, 1.807) is 0 Å². The Balaban J connectivity index is 3.06. The van der Waals surface area contributed by atoms with Gasteiger partial charge in [0.25, 0.3) is 0 Å². The average molecular weight is 114 g/mol. The maximum Gasteiger partial charge on any atom is 0.134 e. The minimum absolute atomic E-state index is 0.225. The first-order chi connectivity index (χ1) is 3.81. The van der Waals surface area contributed by atoms with Crippen molar-refractivity contribution in [2.45, 2.75) is 26.2 Å². The minimum atomic E-state index is 0.225. The first kappa shape index (κ1) is 7.63. The van der Waals surface area contributed by atoms with E-state index in [9.17, 15) is 4.79 Å². The van der Waals surface area contributed by atoms with Crippen LogP contribution < -0.4 is 5.73 Å². The number of hydrogen-bond acceptors (Lipinski definition) is 1. The van der Waals surface area contributed by atoms with Gasteiger partial charge >= 0.3 is 0 Å². The van der Waals surface area contributed by atoms with Gasteiger partial charge in [-0.1, -0.05) is 6.92 Å². The summed E-state index contributed by atoms with van der Waals surface area (Å²) in [7, 11) is 0. The molecule has 0 aliphatic heterocycles. The fourth-order valence-electron chi connectivity index (χ4n) is 0.543. The van der Waals surface area contributed by atoms with Crippen molar-refractivity contribution in [1.82, 2.24) is 5.73 Å². The topological polar surface area (TPSA) is 40.9 Å². The van der Waals surface area contributed by atoms with E-state index in [4.69, 9.17) is 5.73 Å². The Morgan fingerprint density at radius 1 is 1.50 bits per heavy atom. The maximum absolute atomic E-state index is 10.5. The van der Waals surface area contributed by atoms with Gasteiger partial charge in [0, 0.05) is 19.4 Å². The Morgan fingerprint density at radius 2 is 2.12 bits per heavy atom. The fraction of sp³-hybridized carbons (Fsp3) is 0.833. The van der Waals surface area contributed by atoms with Gasteiger partial charge in [-0.25, -0.2) is 0 Å². The summed E-state index contributed by atoms with van der Waals surface area (Å²) in [4.78, 5) is 10.5. The van der Waals surface area contributed by atoms with Crippen LogP contribution in [-0.4, -0.2) is 12.3 Å². The van der Waals surface area contributed by atoms with Gasteiger partial charge in [-0.3, -0.25) is 10.5 Å². The molecule has 0 atom stereocenters. The Labute approximate surface area is 50.1 Å². The first-order valence-electron chi connectivity index (χ1n) is 2.97. The quantitative estimate of drug-likeness (QED) is 0.538. The molecular formula is C6H12NO. The van der Waals surface area contributed by atoms with Crippen LogP contribution >= 0.6 is 0 Å². The number of carbonyl (C=O) groups excluding carboxylic acids is 1. The molecule has 0 heterocycles. The van der Waals surface area contributed by atoms with Crippen molar-refractivity contribution in [3.63, 3.8) is 0 Å². The zero-order valence-electron chi connectivity index (χ0n) is 5.24. The normalized spacial score (nSPS) is 9.25. The number of nitrogens with one attached hydrogen (secondary N) is 1. The van der Waals surface area contributed by atoms with E-state index in [2.05, 4.69) is 0 Å². The van der Waals surface area contributed by atoms with Crippen LogP contribution in [0.2, 0.25) is 0 Å². The monoisotopic (exact) mass is 114 g/mol. The summed E-state index contributed by atoms with van der Waals surface area (Å²) in [6, 6.07) is 0. The average Bonchev–Trinajstić information content (AvgIpc) is 1.68. The van der Waals surface area contributed by atoms with Crippen LogP contribution in [0.4, 0.5) is 0 Å². The first-order valence-corrected chi connectivity index (χ1v) is 2.97. The zero-order valence-corrected chi connectivity index (χ0v) is 5.24. The molecule has 0 aromatic heterocycles. The Bertz CT molecular complexity index is 62.9. The van der Waals surface area contributed by atoms with E-state index < -0.39 is 0 Å². The van der Waals surface area contributed by atoms with Gasteiger partial charge in [0.15, 0.2) is 0 Å². The lowest BCUT2D eigenvalue weighted by atomic mass is 10.2. The summed E-state index contributed by atoms with van der Waals surface area (Å²) in [6.45, 7) is 2.22. The van der Waals surface area contributed by atoms with Crippen LogP contribution in [0.5, 0.6) is 0 Å². The predicted octanol–water partition coefficient (Wildman–Crippen LogP) is 1.03. The van der Waals surface area contributed by atoms with E-state index in [0.717, 1.165) is 6.42 Å². The van der Waals surface area contributed by atoms with Gasteiger partial charge in [0.05, 0.1) is 0 Å². The maximum atomic E-state index is 10.5. The lowest BCUT2D eigenvalue weighted by Crippen LogP contribution is -1.99. The molecular weight excluding hydrogens is 102 g/mol. The van der Waals surface area contributed by atoms with Crippen molar-refractivity contribution < 1.29 is 4.79 Å². The molecule has 0 aliphatic carbocycles. The second kappa shape index (κ2) is 4.78. The van der Waals surface area contributed by atoms with Gasteiger partial charge in [0.2, 0.25) is 0 Å².